The van der Waals surface area contributed by atoms with Crippen LogP contribution in [0, 0.1) is 5.92 Å². The first-order chi connectivity index (χ1) is 9.22. The highest BCUT2D eigenvalue weighted by atomic mass is 16.2. The average molecular weight is 265 g/mol. The van der Waals surface area contributed by atoms with E-state index in [1.807, 2.05) is 4.90 Å². The molecule has 19 heavy (non-hydrogen) atoms. The van der Waals surface area contributed by atoms with Gasteiger partial charge >= 0.3 is 0 Å². The van der Waals surface area contributed by atoms with E-state index in [0.29, 0.717) is 12.6 Å². The SMILES string of the molecule is O=C(NC1CCN(C(=O)CNC2CC2)CC1)C1CC1. The molecule has 3 fully saturated rings. The fraction of sp³-hybridized carbons (Fsp3) is 0.857. The van der Waals surface area contributed by atoms with Crippen molar-refractivity contribution in [3.63, 3.8) is 0 Å². The lowest BCUT2D eigenvalue weighted by Crippen LogP contribution is -2.48. The van der Waals surface area contributed by atoms with Crippen LogP contribution < -0.4 is 10.6 Å². The van der Waals surface area contributed by atoms with E-state index in [1.165, 1.54) is 12.8 Å². The molecule has 106 valence electrons. The molecule has 0 radical (unpaired) electrons. The Morgan fingerprint density at radius 3 is 2.21 bits per heavy atom. The van der Waals surface area contributed by atoms with Gasteiger partial charge in [-0.2, -0.15) is 0 Å². The Morgan fingerprint density at radius 1 is 0.947 bits per heavy atom. The van der Waals surface area contributed by atoms with E-state index in [0.717, 1.165) is 38.8 Å². The minimum absolute atomic E-state index is 0.207. The van der Waals surface area contributed by atoms with Crippen LogP contribution in [0.5, 0.6) is 0 Å². The van der Waals surface area contributed by atoms with Gasteiger partial charge < -0.3 is 15.5 Å². The van der Waals surface area contributed by atoms with Gasteiger partial charge in [-0.05, 0) is 38.5 Å². The van der Waals surface area contributed by atoms with E-state index >= 15 is 0 Å². The molecule has 2 N–H and O–H groups in total. The molecule has 0 atom stereocenters. The van der Waals surface area contributed by atoms with Gasteiger partial charge in [-0.3, -0.25) is 9.59 Å². The number of carbonyl (C=O) groups excluding carboxylic acids is 2. The molecule has 5 heteroatoms. The summed E-state index contributed by atoms with van der Waals surface area (Å²) in [5.41, 5.74) is 0. The Hall–Kier alpha value is -1.10. The van der Waals surface area contributed by atoms with Gasteiger partial charge in [0.25, 0.3) is 0 Å². The van der Waals surface area contributed by atoms with Crippen molar-refractivity contribution in [3.05, 3.63) is 0 Å². The van der Waals surface area contributed by atoms with E-state index < -0.39 is 0 Å². The third-order valence-electron chi connectivity index (χ3n) is 4.26. The Kier molecular flexibility index (Phi) is 3.73. The highest BCUT2D eigenvalue weighted by Gasteiger charge is 2.32. The molecule has 0 unspecified atom stereocenters. The zero-order valence-corrected chi connectivity index (χ0v) is 11.4. The third-order valence-corrected chi connectivity index (χ3v) is 4.26. The molecule has 2 saturated carbocycles. The molecular formula is C14H23N3O2. The second-order valence-corrected chi connectivity index (χ2v) is 6.09. The molecule has 5 nitrogen and oxygen atoms in total. The number of rotatable bonds is 5. The Bertz CT molecular complexity index is 356. The molecule has 0 bridgehead atoms. The third kappa shape index (κ3) is 3.69. The van der Waals surface area contributed by atoms with Gasteiger partial charge in [-0.15, -0.1) is 0 Å². The average Bonchev–Trinajstić information content (AvgIpc) is 3.30. The van der Waals surface area contributed by atoms with Crippen LogP contribution in [0.1, 0.15) is 38.5 Å². The first-order valence-electron chi connectivity index (χ1n) is 7.54. The van der Waals surface area contributed by atoms with E-state index in [-0.39, 0.29) is 23.8 Å². The van der Waals surface area contributed by atoms with Gasteiger partial charge in [0.15, 0.2) is 0 Å². The first kappa shape index (κ1) is 12.9. The molecular weight excluding hydrogens is 242 g/mol. The van der Waals surface area contributed by atoms with Gasteiger partial charge in [0.1, 0.15) is 0 Å². The molecule has 2 aliphatic carbocycles. The molecule has 0 aromatic carbocycles. The van der Waals surface area contributed by atoms with Crippen molar-refractivity contribution in [2.75, 3.05) is 19.6 Å². The van der Waals surface area contributed by atoms with Crippen molar-refractivity contribution in [1.82, 2.24) is 15.5 Å². The van der Waals surface area contributed by atoms with E-state index in [4.69, 9.17) is 0 Å². The smallest absolute Gasteiger partial charge is 0.236 e. The van der Waals surface area contributed by atoms with Crippen LogP contribution in [0.3, 0.4) is 0 Å². The van der Waals surface area contributed by atoms with Crippen molar-refractivity contribution in [2.45, 2.75) is 50.6 Å². The van der Waals surface area contributed by atoms with E-state index in [1.54, 1.807) is 0 Å². The molecule has 0 aromatic rings. The lowest BCUT2D eigenvalue weighted by atomic mass is 10.0. The molecule has 0 aromatic heterocycles. The van der Waals surface area contributed by atoms with Crippen LogP contribution >= 0.6 is 0 Å². The fourth-order valence-electron chi connectivity index (χ4n) is 2.57. The lowest BCUT2D eigenvalue weighted by molar-refractivity contribution is -0.131. The first-order valence-corrected chi connectivity index (χ1v) is 7.54. The molecule has 1 aliphatic heterocycles. The number of carbonyl (C=O) groups is 2. The molecule has 1 heterocycles. The standard InChI is InChI=1S/C14H23N3O2/c18-13(9-15-11-3-4-11)17-7-5-12(6-8-17)16-14(19)10-1-2-10/h10-12,15H,1-9H2,(H,16,19). The van der Waals surface area contributed by atoms with Crippen LogP contribution in [0.15, 0.2) is 0 Å². The minimum atomic E-state index is 0.207. The highest BCUT2D eigenvalue weighted by Crippen LogP contribution is 2.29. The summed E-state index contributed by atoms with van der Waals surface area (Å²) in [6, 6.07) is 0.855. The summed E-state index contributed by atoms with van der Waals surface area (Å²) in [6.45, 7) is 2.03. The monoisotopic (exact) mass is 265 g/mol. The number of hydrogen-bond acceptors (Lipinski definition) is 3. The summed E-state index contributed by atoms with van der Waals surface area (Å²) in [5, 5.41) is 6.37. The summed E-state index contributed by atoms with van der Waals surface area (Å²) in [4.78, 5) is 25.6. The zero-order valence-electron chi connectivity index (χ0n) is 11.4. The fourth-order valence-corrected chi connectivity index (χ4v) is 2.57. The number of likely N-dealkylation sites (tertiary alicyclic amines) is 1. The van der Waals surface area contributed by atoms with Gasteiger partial charge in [0.2, 0.25) is 11.8 Å². The molecule has 3 rings (SSSR count). The maximum atomic E-state index is 12.0. The van der Waals surface area contributed by atoms with Gasteiger partial charge in [0, 0.05) is 31.1 Å². The summed E-state index contributed by atoms with van der Waals surface area (Å²) in [6.07, 6.45) is 6.32. The largest absolute Gasteiger partial charge is 0.353 e. The van der Waals surface area contributed by atoms with E-state index in [2.05, 4.69) is 10.6 Å². The topological polar surface area (TPSA) is 61.4 Å². The summed E-state index contributed by atoms with van der Waals surface area (Å²) in [5.74, 6) is 0.710. The summed E-state index contributed by atoms with van der Waals surface area (Å²) in [7, 11) is 0. The quantitative estimate of drug-likeness (QED) is 0.749. The maximum absolute atomic E-state index is 12.0. The Labute approximate surface area is 114 Å². The van der Waals surface area contributed by atoms with Crippen molar-refractivity contribution in [3.8, 4) is 0 Å². The zero-order chi connectivity index (χ0) is 13.2. The van der Waals surface area contributed by atoms with Gasteiger partial charge in [0.05, 0.1) is 6.54 Å². The van der Waals surface area contributed by atoms with Crippen LogP contribution in [0.4, 0.5) is 0 Å². The number of nitrogens with one attached hydrogen (secondary N) is 2. The molecule has 3 aliphatic rings. The highest BCUT2D eigenvalue weighted by molar-refractivity contribution is 5.81. The number of nitrogens with zero attached hydrogens (tertiary/aromatic N) is 1. The van der Waals surface area contributed by atoms with Crippen LogP contribution in [0.2, 0.25) is 0 Å². The predicted octanol–water partition coefficient (Wildman–Crippen LogP) is 0.256. The van der Waals surface area contributed by atoms with Gasteiger partial charge in [-0.1, -0.05) is 0 Å². The summed E-state index contributed by atoms with van der Waals surface area (Å²) >= 11 is 0. The Balaban J connectivity index is 1.35. The van der Waals surface area contributed by atoms with E-state index in [9.17, 15) is 9.59 Å². The van der Waals surface area contributed by atoms with Crippen LogP contribution in [-0.4, -0.2) is 48.4 Å². The van der Waals surface area contributed by atoms with Gasteiger partial charge in [-0.25, -0.2) is 0 Å². The molecule has 0 spiro atoms. The van der Waals surface area contributed by atoms with Crippen molar-refractivity contribution < 1.29 is 9.59 Å². The number of piperidine rings is 1. The normalized spacial score (nSPS) is 24.3. The van der Waals surface area contributed by atoms with Crippen molar-refractivity contribution in [1.29, 1.82) is 0 Å². The maximum Gasteiger partial charge on any atom is 0.236 e. The predicted molar refractivity (Wildman–Crippen MR) is 71.5 cm³/mol. The number of amides is 2. The second-order valence-electron chi connectivity index (χ2n) is 6.09. The summed E-state index contributed by atoms with van der Waals surface area (Å²) < 4.78 is 0. The second kappa shape index (κ2) is 5.49. The van der Waals surface area contributed by atoms with Crippen LogP contribution in [-0.2, 0) is 9.59 Å². The van der Waals surface area contributed by atoms with Crippen LogP contribution in [0.25, 0.3) is 0 Å². The number of hydrogen-bond donors (Lipinski definition) is 2. The Morgan fingerprint density at radius 2 is 1.63 bits per heavy atom. The van der Waals surface area contributed by atoms with Crippen molar-refractivity contribution >= 4 is 11.8 Å². The lowest BCUT2D eigenvalue weighted by Gasteiger charge is -2.32. The molecule has 1 saturated heterocycles. The van der Waals surface area contributed by atoms with Crippen molar-refractivity contribution in [2.24, 2.45) is 5.92 Å². The molecule has 2 amide bonds. The minimum Gasteiger partial charge on any atom is -0.353 e.